The van der Waals surface area contributed by atoms with E-state index in [9.17, 15) is 13.2 Å². The van der Waals surface area contributed by atoms with E-state index in [0.29, 0.717) is 0 Å². The van der Waals surface area contributed by atoms with Crippen LogP contribution in [0.25, 0.3) is 10.8 Å². The number of amides is 1. The maximum atomic E-state index is 12.5. The Kier molecular flexibility index (Phi) is 5.30. The molecule has 140 valence electrons. The number of aryl methyl sites for hydroxylation is 3. The van der Waals surface area contributed by atoms with E-state index >= 15 is 0 Å². The van der Waals surface area contributed by atoms with Crippen LogP contribution in [0.15, 0.2) is 59.5 Å². The van der Waals surface area contributed by atoms with Gasteiger partial charge in [-0.05, 0) is 54.8 Å². The zero-order valence-corrected chi connectivity index (χ0v) is 16.4. The summed E-state index contributed by atoms with van der Waals surface area (Å²) in [5.74, 6) is -0.408. The van der Waals surface area contributed by atoms with E-state index in [4.69, 9.17) is 0 Å². The lowest BCUT2D eigenvalue weighted by Crippen LogP contribution is -2.33. The molecule has 0 aliphatic heterocycles. The topological polar surface area (TPSA) is 75.3 Å². The highest BCUT2D eigenvalue weighted by atomic mass is 32.2. The van der Waals surface area contributed by atoms with Crippen molar-refractivity contribution in [1.82, 2.24) is 4.72 Å². The summed E-state index contributed by atoms with van der Waals surface area (Å²) in [6.07, 6.45) is 0. The minimum Gasteiger partial charge on any atom is -0.324 e. The molecule has 5 nitrogen and oxygen atoms in total. The largest absolute Gasteiger partial charge is 0.324 e. The first-order valence-corrected chi connectivity index (χ1v) is 10.1. The summed E-state index contributed by atoms with van der Waals surface area (Å²) in [6, 6.07) is 16.4. The first-order valence-electron chi connectivity index (χ1n) is 8.62. The fourth-order valence-corrected chi connectivity index (χ4v) is 4.16. The van der Waals surface area contributed by atoms with Gasteiger partial charge in [0.2, 0.25) is 15.9 Å². The minimum atomic E-state index is -3.78. The molecular weight excluding hydrogens is 360 g/mol. The molecule has 0 atom stereocenters. The third-order valence-electron chi connectivity index (χ3n) is 4.40. The average molecular weight is 382 g/mol. The summed E-state index contributed by atoms with van der Waals surface area (Å²) in [4.78, 5) is 12.4. The van der Waals surface area contributed by atoms with Gasteiger partial charge in [-0.1, -0.05) is 48.0 Å². The number of benzene rings is 3. The molecule has 0 radical (unpaired) electrons. The lowest BCUT2D eigenvalue weighted by atomic mass is 10.1. The number of sulfonamides is 1. The molecule has 0 aromatic heterocycles. The van der Waals surface area contributed by atoms with E-state index < -0.39 is 15.9 Å². The Labute approximate surface area is 159 Å². The highest BCUT2D eigenvalue weighted by Crippen LogP contribution is 2.22. The number of carbonyl (C=O) groups excluding carboxylic acids is 1. The van der Waals surface area contributed by atoms with Gasteiger partial charge in [-0.25, -0.2) is 13.1 Å². The predicted octanol–water partition coefficient (Wildman–Crippen LogP) is 3.68. The number of hydrogen-bond acceptors (Lipinski definition) is 3. The maximum absolute atomic E-state index is 12.5. The molecule has 0 saturated heterocycles. The fourth-order valence-electron chi connectivity index (χ4n) is 3.14. The van der Waals surface area contributed by atoms with Crippen molar-refractivity contribution in [2.24, 2.45) is 0 Å². The van der Waals surface area contributed by atoms with E-state index in [2.05, 4.69) is 10.0 Å². The number of anilines is 1. The number of fused-ring (bicyclic) bond motifs is 1. The van der Waals surface area contributed by atoms with Gasteiger partial charge in [0.25, 0.3) is 0 Å². The van der Waals surface area contributed by atoms with E-state index in [-0.39, 0.29) is 11.4 Å². The second-order valence-electron chi connectivity index (χ2n) is 6.66. The fraction of sp³-hybridized carbons (Fsp3) is 0.190. The lowest BCUT2D eigenvalue weighted by molar-refractivity contribution is -0.115. The molecule has 1 amide bonds. The van der Waals surface area contributed by atoms with Crippen LogP contribution in [-0.4, -0.2) is 20.9 Å². The summed E-state index contributed by atoms with van der Waals surface area (Å²) in [6.45, 7) is 5.48. The first kappa shape index (κ1) is 19.1. The third kappa shape index (κ3) is 4.35. The van der Waals surface area contributed by atoms with E-state index in [0.717, 1.165) is 33.2 Å². The molecule has 27 heavy (non-hydrogen) atoms. The normalized spacial score (nSPS) is 11.5. The Bertz CT molecular complexity index is 1100. The Hall–Kier alpha value is -2.70. The molecule has 2 N–H and O–H groups in total. The van der Waals surface area contributed by atoms with E-state index in [1.807, 2.05) is 57.2 Å². The van der Waals surface area contributed by atoms with Crippen LogP contribution in [-0.2, 0) is 14.8 Å². The standard InChI is InChI=1S/C21H22N2O3S/c1-14-10-15(2)21(16(3)11-14)23-20(24)13-22-27(25,26)19-9-8-17-6-4-5-7-18(17)12-19/h4-12,22H,13H2,1-3H3,(H,23,24). The molecule has 0 unspecified atom stereocenters. The van der Waals surface area contributed by atoms with Gasteiger partial charge in [0.1, 0.15) is 0 Å². The molecule has 3 aromatic rings. The van der Waals surface area contributed by atoms with Crippen molar-refractivity contribution in [3.63, 3.8) is 0 Å². The predicted molar refractivity (Wildman–Crippen MR) is 108 cm³/mol. The molecule has 0 saturated carbocycles. The van der Waals surface area contributed by atoms with Crippen molar-refractivity contribution >= 4 is 32.4 Å². The van der Waals surface area contributed by atoms with Crippen LogP contribution in [0.5, 0.6) is 0 Å². The highest BCUT2D eigenvalue weighted by Gasteiger charge is 2.17. The van der Waals surface area contributed by atoms with Gasteiger partial charge < -0.3 is 5.32 Å². The number of carbonyl (C=O) groups is 1. The van der Waals surface area contributed by atoms with Gasteiger partial charge in [-0.3, -0.25) is 4.79 Å². The van der Waals surface area contributed by atoms with Crippen molar-refractivity contribution in [2.45, 2.75) is 25.7 Å². The van der Waals surface area contributed by atoms with Gasteiger partial charge in [0.05, 0.1) is 11.4 Å². The monoisotopic (exact) mass is 382 g/mol. The van der Waals surface area contributed by atoms with E-state index in [1.165, 1.54) is 6.07 Å². The molecule has 6 heteroatoms. The molecule has 3 aromatic carbocycles. The zero-order chi connectivity index (χ0) is 19.6. The number of rotatable bonds is 5. The lowest BCUT2D eigenvalue weighted by Gasteiger charge is -2.13. The van der Waals surface area contributed by atoms with Crippen molar-refractivity contribution in [2.75, 3.05) is 11.9 Å². The molecule has 0 bridgehead atoms. The van der Waals surface area contributed by atoms with Crippen LogP contribution in [0.1, 0.15) is 16.7 Å². The number of nitrogens with one attached hydrogen (secondary N) is 2. The summed E-state index contributed by atoms with van der Waals surface area (Å²) >= 11 is 0. The highest BCUT2D eigenvalue weighted by molar-refractivity contribution is 7.89. The van der Waals surface area contributed by atoms with Gasteiger partial charge in [-0.15, -0.1) is 0 Å². The van der Waals surface area contributed by atoms with Crippen LogP contribution in [0.2, 0.25) is 0 Å². The summed E-state index contributed by atoms with van der Waals surface area (Å²) < 4.78 is 27.4. The van der Waals surface area contributed by atoms with E-state index in [1.54, 1.807) is 12.1 Å². The zero-order valence-electron chi connectivity index (χ0n) is 15.5. The minimum absolute atomic E-state index is 0.136. The molecule has 0 spiro atoms. The van der Waals surface area contributed by atoms with Gasteiger partial charge in [0, 0.05) is 5.69 Å². The van der Waals surface area contributed by atoms with Crippen molar-refractivity contribution in [1.29, 1.82) is 0 Å². The van der Waals surface area contributed by atoms with Crippen molar-refractivity contribution < 1.29 is 13.2 Å². The second-order valence-corrected chi connectivity index (χ2v) is 8.42. The van der Waals surface area contributed by atoms with Crippen molar-refractivity contribution in [3.8, 4) is 0 Å². The summed E-state index contributed by atoms with van der Waals surface area (Å²) in [7, 11) is -3.78. The van der Waals surface area contributed by atoms with Crippen molar-refractivity contribution in [3.05, 3.63) is 71.3 Å². The Morgan fingerprint density at radius 1 is 0.889 bits per heavy atom. The molecule has 0 heterocycles. The third-order valence-corrected chi connectivity index (χ3v) is 5.79. The number of hydrogen-bond donors (Lipinski definition) is 2. The molecule has 0 aliphatic carbocycles. The maximum Gasteiger partial charge on any atom is 0.241 e. The first-order chi connectivity index (χ1) is 12.8. The van der Waals surface area contributed by atoms with Crippen LogP contribution >= 0.6 is 0 Å². The van der Waals surface area contributed by atoms with Gasteiger partial charge >= 0.3 is 0 Å². The second kappa shape index (κ2) is 7.50. The molecule has 0 fully saturated rings. The molecule has 3 rings (SSSR count). The molecule has 0 aliphatic rings. The van der Waals surface area contributed by atoms with Crippen LogP contribution in [0.4, 0.5) is 5.69 Å². The van der Waals surface area contributed by atoms with Crippen LogP contribution in [0, 0.1) is 20.8 Å². The molecular formula is C21H22N2O3S. The van der Waals surface area contributed by atoms with Crippen LogP contribution < -0.4 is 10.0 Å². The van der Waals surface area contributed by atoms with Gasteiger partial charge in [0.15, 0.2) is 0 Å². The Morgan fingerprint density at radius 3 is 2.19 bits per heavy atom. The van der Waals surface area contributed by atoms with Gasteiger partial charge in [-0.2, -0.15) is 0 Å². The average Bonchev–Trinajstić information content (AvgIpc) is 2.62. The smallest absolute Gasteiger partial charge is 0.241 e. The quantitative estimate of drug-likeness (QED) is 0.707. The van der Waals surface area contributed by atoms with Crippen LogP contribution in [0.3, 0.4) is 0 Å². The summed E-state index contributed by atoms with van der Waals surface area (Å²) in [5.41, 5.74) is 3.71. The summed E-state index contributed by atoms with van der Waals surface area (Å²) in [5, 5.41) is 4.58. The Morgan fingerprint density at radius 2 is 1.52 bits per heavy atom. The Balaban J connectivity index is 1.72. The SMILES string of the molecule is Cc1cc(C)c(NC(=O)CNS(=O)(=O)c2ccc3ccccc3c2)c(C)c1.